The Hall–Kier alpha value is -2.57. The van der Waals surface area contributed by atoms with Gasteiger partial charge in [0, 0.05) is 20.1 Å². The van der Waals surface area contributed by atoms with Crippen molar-refractivity contribution in [2.45, 2.75) is 26.3 Å². The first-order valence-electron chi connectivity index (χ1n) is 7.99. The highest BCUT2D eigenvalue weighted by Gasteiger charge is 2.39. The van der Waals surface area contributed by atoms with Gasteiger partial charge in [0.15, 0.2) is 0 Å². The maximum Gasteiger partial charge on any atom is 0.329 e. The summed E-state index contributed by atoms with van der Waals surface area (Å²) < 4.78 is 2.96. The van der Waals surface area contributed by atoms with E-state index in [0.29, 0.717) is 24.9 Å². The van der Waals surface area contributed by atoms with Crippen LogP contribution in [0.2, 0.25) is 0 Å². The van der Waals surface area contributed by atoms with Gasteiger partial charge in [0.2, 0.25) is 5.91 Å². The van der Waals surface area contributed by atoms with Crippen molar-refractivity contribution >= 4 is 22.9 Å². The Morgan fingerprint density at radius 1 is 1.25 bits per heavy atom. The van der Waals surface area contributed by atoms with Crippen LogP contribution in [0.4, 0.5) is 0 Å². The quantitative estimate of drug-likeness (QED) is 0.911. The van der Waals surface area contributed by atoms with Crippen molar-refractivity contribution in [3.05, 3.63) is 34.7 Å². The van der Waals surface area contributed by atoms with Crippen molar-refractivity contribution in [3.8, 4) is 0 Å². The summed E-state index contributed by atoms with van der Waals surface area (Å²) >= 11 is 0. The highest BCUT2D eigenvalue weighted by atomic mass is 16.4. The van der Waals surface area contributed by atoms with Gasteiger partial charge in [-0.25, -0.2) is 4.79 Å². The van der Waals surface area contributed by atoms with Crippen LogP contribution in [0.5, 0.6) is 0 Å². The number of para-hydroxylation sites is 2. The SMILES string of the molecule is Cn1c(=O)n(CC(=O)N2CCCC(C)(C(=O)O)C2)c2ccccc21. The van der Waals surface area contributed by atoms with Crippen molar-refractivity contribution in [1.29, 1.82) is 0 Å². The summed E-state index contributed by atoms with van der Waals surface area (Å²) in [5, 5.41) is 9.38. The molecular weight excluding hydrogens is 310 g/mol. The minimum Gasteiger partial charge on any atom is -0.481 e. The first-order valence-corrected chi connectivity index (χ1v) is 7.99. The Labute approximate surface area is 139 Å². The maximum atomic E-state index is 12.6. The Morgan fingerprint density at radius 2 is 1.92 bits per heavy atom. The van der Waals surface area contributed by atoms with E-state index < -0.39 is 11.4 Å². The van der Waals surface area contributed by atoms with Gasteiger partial charge in [0.05, 0.1) is 16.4 Å². The second-order valence-electron chi connectivity index (χ2n) is 6.70. The number of hydrogen-bond acceptors (Lipinski definition) is 3. The number of fused-ring (bicyclic) bond motifs is 1. The fourth-order valence-electron chi connectivity index (χ4n) is 3.38. The summed E-state index contributed by atoms with van der Waals surface area (Å²) in [7, 11) is 1.67. The van der Waals surface area contributed by atoms with E-state index in [1.54, 1.807) is 18.9 Å². The number of nitrogens with zero attached hydrogens (tertiary/aromatic N) is 3. The summed E-state index contributed by atoms with van der Waals surface area (Å²) in [6, 6.07) is 7.31. The second kappa shape index (κ2) is 5.81. The summed E-state index contributed by atoms with van der Waals surface area (Å²) in [4.78, 5) is 38.0. The Balaban J connectivity index is 1.87. The van der Waals surface area contributed by atoms with E-state index in [1.165, 1.54) is 9.13 Å². The zero-order valence-corrected chi connectivity index (χ0v) is 13.9. The molecule has 0 bridgehead atoms. The van der Waals surface area contributed by atoms with Gasteiger partial charge in [-0.2, -0.15) is 0 Å². The number of likely N-dealkylation sites (tertiary alicyclic amines) is 1. The first-order chi connectivity index (χ1) is 11.3. The number of carbonyl (C=O) groups excluding carboxylic acids is 1. The van der Waals surface area contributed by atoms with Crippen LogP contribution in [0.25, 0.3) is 11.0 Å². The number of aryl methyl sites for hydroxylation is 1. The van der Waals surface area contributed by atoms with Crippen LogP contribution >= 0.6 is 0 Å². The molecule has 128 valence electrons. The van der Waals surface area contributed by atoms with Gasteiger partial charge in [-0.3, -0.25) is 18.7 Å². The van der Waals surface area contributed by atoms with E-state index in [2.05, 4.69) is 0 Å². The first kappa shape index (κ1) is 16.3. The number of imidazole rings is 1. The van der Waals surface area contributed by atoms with E-state index in [-0.39, 0.29) is 24.7 Å². The highest BCUT2D eigenvalue weighted by Crippen LogP contribution is 2.29. The average Bonchev–Trinajstić information content (AvgIpc) is 2.80. The van der Waals surface area contributed by atoms with Crippen molar-refractivity contribution in [1.82, 2.24) is 14.0 Å². The molecule has 1 N–H and O–H groups in total. The molecule has 1 aliphatic heterocycles. The zero-order chi connectivity index (χ0) is 17.5. The summed E-state index contributed by atoms with van der Waals surface area (Å²) in [6.45, 7) is 2.30. The van der Waals surface area contributed by atoms with Crippen LogP contribution in [0, 0.1) is 5.41 Å². The third-order valence-electron chi connectivity index (χ3n) is 4.91. The van der Waals surface area contributed by atoms with Crippen LogP contribution in [0.1, 0.15) is 19.8 Å². The fraction of sp³-hybridized carbons (Fsp3) is 0.471. The Kier molecular flexibility index (Phi) is 3.95. The van der Waals surface area contributed by atoms with Crippen LogP contribution in [-0.4, -0.2) is 44.1 Å². The normalized spacial score (nSPS) is 21.2. The van der Waals surface area contributed by atoms with Gasteiger partial charge in [-0.1, -0.05) is 12.1 Å². The molecule has 0 saturated carbocycles. The highest BCUT2D eigenvalue weighted by molar-refractivity contribution is 5.82. The van der Waals surface area contributed by atoms with E-state index in [9.17, 15) is 19.5 Å². The molecular formula is C17H21N3O4. The smallest absolute Gasteiger partial charge is 0.329 e. The molecule has 1 unspecified atom stereocenters. The monoisotopic (exact) mass is 331 g/mol. The lowest BCUT2D eigenvalue weighted by molar-refractivity contribution is -0.153. The Bertz CT molecular complexity index is 866. The molecule has 0 aliphatic carbocycles. The molecule has 24 heavy (non-hydrogen) atoms. The number of carbonyl (C=O) groups is 2. The van der Waals surface area contributed by atoms with Gasteiger partial charge in [-0.05, 0) is 31.9 Å². The van der Waals surface area contributed by atoms with E-state index >= 15 is 0 Å². The molecule has 1 amide bonds. The van der Waals surface area contributed by atoms with E-state index in [4.69, 9.17) is 0 Å². The topological polar surface area (TPSA) is 84.5 Å². The molecule has 7 nitrogen and oxygen atoms in total. The molecule has 1 fully saturated rings. The van der Waals surface area contributed by atoms with Crippen molar-refractivity contribution < 1.29 is 14.7 Å². The van der Waals surface area contributed by atoms with E-state index in [1.807, 2.05) is 24.3 Å². The molecule has 2 aromatic rings. The summed E-state index contributed by atoms with van der Waals surface area (Å²) in [5.74, 6) is -1.11. The number of piperidine rings is 1. The average molecular weight is 331 g/mol. The minimum atomic E-state index is -0.919. The Morgan fingerprint density at radius 3 is 2.58 bits per heavy atom. The van der Waals surface area contributed by atoms with Gasteiger partial charge >= 0.3 is 11.7 Å². The number of amides is 1. The number of benzene rings is 1. The van der Waals surface area contributed by atoms with Gasteiger partial charge in [0.1, 0.15) is 6.54 Å². The zero-order valence-electron chi connectivity index (χ0n) is 13.9. The third-order valence-corrected chi connectivity index (χ3v) is 4.91. The number of aliphatic carboxylic acids is 1. The molecule has 1 aromatic carbocycles. The molecule has 2 heterocycles. The molecule has 0 spiro atoms. The summed E-state index contributed by atoms with van der Waals surface area (Å²) in [6.07, 6.45) is 1.21. The molecule has 1 saturated heterocycles. The maximum absolute atomic E-state index is 12.6. The predicted octanol–water partition coefficient (Wildman–Crippen LogP) is 1.05. The molecule has 0 radical (unpaired) electrons. The van der Waals surface area contributed by atoms with Crippen molar-refractivity contribution in [3.63, 3.8) is 0 Å². The lowest BCUT2D eigenvalue weighted by Crippen LogP contribution is -2.49. The molecule has 3 rings (SSSR count). The fourth-order valence-corrected chi connectivity index (χ4v) is 3.38. The molecule has 7 heteroatoms. The predicted molar refractivity (Wildman–Crippen MR) is 88.7 cm³/mol. The lowest BCUT2D eigenvalue weighted by Gasteiger charge is -2.37. The van der Waals surface area contributed by atoms with Gasteiger partial charge in [-0.15, -0.1) is 0 Å². The lowest BCUT2D eigenvalue weighted by atomic mass is 9.82. The number of carboxylic acid groups (broad SMARTS) is 1. The number of aromatic nitrogens is 2. The summed E-state index contributed by atoms with van der Waals surface area (Å²) in [5.41, 5.74) is 0.306. The minimum absolute atomic E-state index is 0.0735. The van der Waals surface area contributed by atoms with Gasteiger partial charge in [0.25, 0.3) is 0 Å². The number of hydrogen-bond donors (Lipinski definition) is 1. The van der Waals surface area contributed by atoms with Crippen LogP contribution in [-0.2, 0) is 23.2 Å². The van der Waals surface area contributed by atoms with Crippen LogP contribution in [0.15, 0.2) is 29.1 Å². The number of rotatable bonds is 3. The molecule has 1 aliphatic rings. The largest absolute Gasteiger partial charge is 0.481 e. The van der Waals surface area contributed by atoms with E-state index in [0.717, 1.165) is 5.52 Å². The second-order valence-corrected chi connectivity index (χ2v) is 6.70. The molecule has 1 atom stereocenters. The third kappa shape index (κ3) is 2.60. The number of carboxylic acids is 1. The standard InChI is InChI=1S/C17H21N3O4/c1-17(15(22)23)8-5-9-19(11-17)14(21)10-20-13-7-4-3-6-12(13)18(2)16(20)24/h3-4,6-7H,5,8-11H2,1-2H3,(H,22,23). The molecule has 1 aromatic heterocycles. The van der Waals surface area contributed by atoms with Gasteiger partial charge < -0.3 is 10.0 Å². The van der Waals surface area contributed by atoms with Crippen molar-refractivity contribution in [2.24, 2.45) is 12.5 Å². The van der Waals surface area contributed by atoms with Crippen LogP contribution in [0.3, 0.4) is 0 Å². The van der Waals surface area contributed by atoms with Crippen LogP contribution < -0.4 is 5.69 Å². The van der Waals surface area contributed by atoms with Crippen molar-refractivity contribution in [2.75, 3.05) is 13.1 Å².